The second-order valence-corrected chi connectivity index (χ2v) is 4.76. The fourth-order valence-corrected chi connectivity index (χ4v) is 2.30. The van der Waals surface area contributed by atoms with Crippen LogP contribution < -0.4 is 5.32 Å². The maximum Gasteiger partial charge on any atom is 0.412 e. The summed E-state index contributed by atoms with van der Waals surface area (Å²) in [6.45, 7) is 4.15. The van der Waals surface area contributed by atoms with E-state index >= 15 is 0 Å². The Morgan fingerprint density at radius 2 is 2.28 bits per heavy atom. The molecule has 1 N–H and O–H groups in total. The molecule has 1 unspecified atom stereocenters. The Morgan fingerprint density at radius 1 is 1.44 bits per heavy atom. The van der Waals surface area contributed by atoms with Crippen LogP contribution in [-0.4, -0.2) is 56.5 Å². The van der Waals surface area contributed by atoms with Crippen LogP contribution in [0.15, 0.2) is 11.6 Å². The van der Waals surface area contributed by atoms with E-state index in [0.717, 1.165) is 32.7 Å². The average molecular weight is 264 g/mol. The van der Waals surface area contributed by atoms with Gasteiger partial charge < -0.3 is 10.1 Å². The summed E-state index contributed by atoms with van der Waals surface area (Å²) in [7, 11) is 0. The minimum absolute atomic E-state index is 0.104. The molecule has 18 heavy (non-hydrogen) atoms. The molecule has 0 radical (unpaired) electrons. The molecule has 0 aromatic carbocycles. The number of rotatable bonds is 3. The normalized spacial score (nSPS) is 27.1. The van der Waals surface area contributed by atoms with Crippen molar-refractivity contribution in [2.45, 2.75) is 25.1 Å². The van der Waals surface area contributed by atoms with E-state index in [1.807, 2.05) is 4.90 Å². The van der Waals surface area contributed by atoms with Gasteiger partial charge in [-0.25, -0.2) is 0 Å². The fourth-order valence-electron chi connectivity index (χ4n) is 2.30. The van der Waals surface area contributed by atoms with Gasteiger partial charge in [-0.15, -0.1) is 0 Å². The van der Waals surface area contributed by atoms with Crippen LogP contribution in [0.5, 0.6) is 0 Å². The molecule has 2 rings (SSSR count). The molecular formula is C12H19F3N2O. The summed E-state index contributed by atoms with van der Waals surface area (Å²) in [5.74, 6) is 0. The molecule has 0 aliphatic carbocycles. The van der Waals surface area contributed by atoms with Gasteiger partial charge in [-0.1, -0.05) is 6.08 Å². The standard InChI is InChI=1S/C12H19F3N2O/c13-12(14,15)10-1-5-17(6-2-10)7-3-11-9-16-4-8-18-11/h1,11,16H,2-9H2. The van der Waals surface area contributed by atoms with E-state index in [-0.39, 0.29) is 18.1 Å². The predicted octanol–water partition coefficient (Wildman–Crippen LogP) is 1.56. The molecule has 2 aliphatic rings. The van der Waals surface area contributed by atoms with Gasteiger partial charge in [-0.2, -0.15) is 13.2 Å². The van der Waals surface area contributed by atoms with E-state index in [0.29, 0.717) is 13.1 Å². The maximum absolute atomic E-state index is 12.4. The highest BCUT2D eigenvalue weighted by Gasteiger charge is 2.34. The van der Waals surface area contributed by atoms with Crippen LogP contribution in [0.2, 0.25) is 0 Å². The predicted molar refractivity (Wildman–Crippen MR) is 62.4 cm³/mol. The summed E-state index contributed by atoms with van der Waals surface area (Å²) >= 11 is 0. The van der Waals surface area contributed by atoms with Gasteiger partial charge in [0, 0.05) is 38.3 Å². The largest absolute Gasteiger partial charge is 0.412 e. The molecule has 0 aromatic heterocycles. The highest BCUT2D eigenvalue weighted by molar-refractivity contribution is 5.12. The number of hydrogen-bond donors (Lipinski definition) is 1. The third kappa shape index (κ3) is 3.96. The Hall–Kier alpha value is -0.590. The highest BCUT2D eigenvalue weighted by Crippen LogP contribution is 2.30. The number of alkyl halides is 3. The van der Waals surface area contributed by atoms with E-state index in [4.69, 9.17) is 4.74 Å². The molecule has 2 aliphatic heterocycles. The Balaban J connectivity index is 1.71. The number of halogens is 3. The zero-order valence-corrected chi connectivity index (χ0v) is 10.3. The van der Waals surface area contributed by atoms with Gasteiger partial charge in [0.1, 0.15) is 0 Å². The smallest absolute Gasteiger partial charge is 0.376 e. The Kier molecular flexibility index (Phi) is 4.64. The number of morpholine rings is 1. The van der Waals surface area contributed by atoms with Gasteiger partial charge in [-0.3, -0.25) is 4.90 Å². The lowest BCUT2D eigenvalue weighted by molar-refractivity contribution is -0.0961. The molecule has 3 nitrogen and oxygen atoms in total. The van der Waals surface area contributed by atoms with Gasteiger partial charge in [-0.05, 0) is 12.8 Å². The van der Waals surface area contributed by atoms with Gasteiger partial charge in [0.15, 0.2) is 0 Å². The summed E-state index contributed by atoms with van der Waals surface area (Å²) in [6.07, 6.45) is -1.66. The summed E-state index contributed by atoms with van der Waals surface area (Å²) in [5, 5.41) is 3.25. The van der Waals surface area contributed by atoms with E-state index in [9.17, 15) is 13.2 Å². The maximum atomic E-state index is 12.4. The zero-order valence-electron chi connectivity index (χ0n) is 10.3. The van der Waals surface area contributed by atoms with Crippen molar-refractivity contribution >= 4 is 0 Å². The lowest BCUT2D eigenvalue weighted by Crippen LogP contribution is -2.41. The first-order valence-corrected chi connectivity index (χ1v) is 6.36. The van der Waals surface area contributed by atoms with Crippen LogP contribution in [0, 0.1) is 0 Å². The van der Waals surface area contributed by atoms with Crippen molar-refractivity contribution in [2.75, 3.05) is 39.3 Å². The SMILES string of the molecule is FC(F)(F)C1=CCN(CCC2CNCCO2)CC1. The monoisotopic (exact) mass is 264 g/mol. The van der Waals surface area contributed by atoms with Crippen LogP contribution in [-0.2, 0) is 4.74 Å². The molecule has 1 saturated heterocycles. The molecule has 2 heterocycles. The number of hydrogen-bond acceptors (Lipinski definition) is 3. The molecule has 0 saturated carbocycles. The van der Waals surface area contributed by atoms with Gasteiger partial charge in [0.2, 0.25) is 0 Å². The Morgan fingerprint density at radius 3 is 2.83 bits per heavy atom. The summed E-state index contributed by atoms with van der Waals surface area (Å²) < 4.78 is 42.8. The average Bonchev–Trinajstić information content (AvgIpc) is 2.37. The lowest BCUT2D eigenvalue weighted by Gasteiger charge is -2.30. The van der Waals surface area contributed by atoms with Gasteiger partial charge in [0.25, 0.3) is 0 Å². The van der Waals surface area contributed by atoms with Crippen LogP contribution in [0.4, 0.5) is 13.2 Å². The van der Waals surface area contributed by atoms with Crippen LogP contribution in [0.25, 0.3) is 0 Å². The molecule has 1 fully saturated rings. The first-order chi connectivity index (χ1) is 8.55. The van der Waals surface area contributed by atoms with Gasteiger partial charge >= 0.3 is 6.18 Å². The van der Waals surface area contributed by atoms with Crippen molar-refractivity contribution in [3.63, 3.8) is 0 Å². The van der Waals surface area contributed by atoms with E-state index in [1.165, 1.54) is 6.08 Å². The van der Waals surface area contributed by atoms with Crippen LogP contribution >= 0.6 is 0 Å². The molecule has 1 atom stereocenters. The molecule has 104 valence electrons. The Labute approximate surface area is 105 Å². The van der Waals surface area contributed by atoms with Crippen LogP contribution in [0.1, 0.15) is 12.8 Å². The van der Waals surface area contributed by atoms with E-state index in [1.54, 1.807) is 0 Å². The minimum Gasteiger partial charge on any atom is -0.376 e. The van der Waals surface area contributed by atoms with Crippen molar-refractivity contribution in [1.82, 2.24) is 10.2 Å². The van der Waals surface area contributed by atoms with Crippen molar-refractivity contribution in [3.05, 3.63) is 11.6 Å². The zero-order chi connectivity index (χ0) is 13.0. The van der Waals surface area contributed by atoms with Crippen molar-refractivity contribution in [2.24, 2.45) is 0 Å². The van der Waals surface area contributed by atoms with Crippen LogP contribution in [0.3, 0.4) is 0 Å². The van der Waals surface area contributed by atoms with E-state index in [2.05, 4.69) is 5.32 Å². The summed E-state index contributed by atoms with van der Waals surface area (Å²) in [4.78, 5) is 2.05. The second kappa shape index (κ2) is 6.04. The minimum atomic E-state index is -4.15. The van der Waals surface area contributed by atoms with E-state index < -0.39 is 6.18 Å². The number of nitrogens with zero attached hydrogens (tertiary/aromatic N) is 1. The molecule has 6 heteroatoms. The van der Waals surface area contributed by atoms with Gasteiger partial charge in [0.05, 0.1) is 12.7 Å². The molecule has 0 bridgehead atoms. The Bertz CT molecular complexity index is 298. The topological polar surface area (TPSA) is 24.5 Å². The van der Waals surface area contributed by atoms with Crippen molar-refractivity contribution in [3.8, 4) is 0 Å². The summed E-state index contributed by atoms with van der Waals surface area (Å²) in [5.41, 5.74) is -0.380. The second-order valence-electron chi connectivity index (χ2n) is 4.76. The number of nitrogens with one attached hydrogen (secondary N) is 1. The van der Waals surface area contributed by atoms with Crippen molar-refractivity contribution in [1.29, 1.82) is 0 Å². The summed E-state index contributed by atoms with van der Waals surface area (Å²) in [6, 6.07) is 0. The molecular weight excluding hydrogens is 245 g/mol. The fraction of sp³-hybridized carbons (Fsp3) is 0.833. The third-order valence-electron chi connectivity index (χ3n) is 3.43. The third-order valence-corrected chi connectivity index (χ3v) is 3.43. The first-order valence-electron chi connectivity index (χ1n) is 6.36. The molecule has 0 amide bonds. The number of ether oxygens (including phenoxy) is 1. The lowest BCUT2D eigenvalue weighted by atomic mass is 10.1. The highest BCUT2D eigenvalue weighted by atomic mass is 19.4. The molecule has 0 spiro atoms. The van der Waals surface area contributed by atoms with Crippen molar-refractivity contribution < 1.29 is 17.9 Å². The molecule has 0 aromatic rings. The first kappa shape index (κ1) is 13.8. The quantitative estimate of drug-likeness (QED) is 0.783.